The number of pyridine rings is 1. The first-order valence-electron chi connectivity index (χ1n) is 9.20. The van der Waals surface area contributed by atoms with E-state index >= 15 is 0 Å². The summed E-state index contributed by atoms with van der Waals surface area (Å²) in [4.78, 5) is 32.0. The van der Waals surface area contributed by atoms with E-state index in [4.69, 9.17) is 0 Å². The Morgan fingerprint density at radius 3 is 2.52 bits per heavy atom. The number of aromatic nitrogens is 1. The number of likely N-dealkylation sites (N-methyl/N-ethyl adjacent to an activating group) is 1. The van der Waals surface area contributed by atoms with E-state index < -0.39 is 0 Å². The van der Waals surface area contributed by atoms with Crippen molar-refractivity contribution in [2.24, 2.45) is 0 Å². The quantitative estimate of drug-likeness (QED) is 0.780. The van der Waals surface area contributed by atoms with E-state index in [2.05, 4.69) is 24.0 Å². The van der Waals surface area contributed by atoms with Gasteiger partial charge in [-0.2, -0.15) is 0 Å². The maximum absolute atomic E-state index is 12.7. The fourth-order valence-electron chi connectivity index (χ4n) is 3.69. The van der Waals surface area contributed by atoms with Crippen LogP contribution in [0.15, 0.2) is 59.5 Å². The zero-order valence-corrected chi connectivity index (χ0v) is 15.6. The molecule has 1 aromatic heterocycles. The lowest BCUT2D eigenvalue weighted by molar-refractivity contribution is 0.0783. The predicted octanol–water partition coefficient (Wildman–Crippen LogP) is 2.97. The number of hydrogen-bond acceptors (Lipinski definition) is 3. The molecule has 1 aliphatic heterocycles. The number of hydrogen-bond donors (Lipinski definition) is 1. The lowest BCUT2D eigenvalue weighted by atomic mass is 10.0. The summed E-state index contributed by atoms with van der Waals surface area (Å²) in [7, 11) is 4.12. The number of nitrogens with zero attached hydrogens (tertiary/aromatic N) is 2. The van der Waals surface area contributed by atoms with Gasteiger partial charge in [-0.15, -0.1) is 0 Å². The van der Waals surface area contributed by atoms with Crippen LogP contribution in [0.1, 0.15) is 16.8 Å². The SMILES string of the molecule is CN(C)[C@H]1CCN(C(=O)c2ccc(-c3ccc4[nH]ccc(=O)c4c3)cc2)C1. The standard InChI is InChI=1S/C22H23N3O2/c1-24(2)18-10-12-25(14-18)22(27)16-5-3-15(4-6-16)17-7-8-20-19(13-17)21(26)9-11-23-20/h3-9,11,13,18H,10,12,14H2,1-2H3,(H,23,26)/t18-/m0/s1. The Balaban J connectivity index is 1.57. The zero-order chi connectivity index (χ0) is 19.0. The number of nitrogens with one attached hydrogen (secondary N) is 1. The van der Waals surface area contributed by atoms with Crippen molar-refractivity contribution in [1.29, 1.82) is 0 Å². The van der Waals surface area contributed by atoms with Gasteiger partial charge in [0.2, 0.25) is 0 Å². The number of carbonyl (C=O) groups excluding carboxylic acids is 1. The van der Waals surface area contributed by atoms with Gasteiger partial charge in [0.05, 0.1) is 0 Å². The van der Waals surface area contributed by atoms with Gasteiger partial charge in [0.25, 0.3) is 5.91 Å². The molecular formula is C22H23N3O2. The van der Waals surface area contributed by atoms with Crippen LogP contribution in [0.4, 0.5) is 0 Å². The minimum absolute atomic E-state index is 0.00174. The molecule has 0 bridgehead atoms. The van der Waals surface area contributed by atoms with Gasteiger partial charge < -0.3 is 14.8 Å². The monoisotopic (exact) mass is 361 g/mol. The van der Waals surface area contributed by atoms with Gasteiger partial charge in [0.1, 0.15) is 0 Å². The molecule has 2 aromatic carbocycles. The Morgan fingerprint density at radius 1 is 1.07 bits per heavy atom. The Morgan fingerprint density at radius 2 is 1.81 bits per heavy atom. The number of amides is 1. The molecule has 0 saturated carbocycles. The van der Waals surface area contributed by atoms with Crippen molar-refractivity contribution in [2.75, 3.05) is 27.2 Å². The average molecular weight is 361 g/mol. The zero-order valence-electron chi connectivity index (χ0n) is 15.6. The molecule has 2 heterocycles. The maximum atomic E-state index is 12.7. The van der Waals surface area contributed by atoms with E-state index in [1.807, 2.05) is 47.4 Å². The van der Waals surface area contributed by atoms with Crippen LogP contribution in [-0.4, -0.2) is 53.9 Å². The molecule has 0 aliphatic carbocycles. The van der Waals surface area contributed by atoms with Crippen LogP contribution < -0.4 is 5.43 Å². The van der Waals surface area contributed by atoms with Gasteiger partial charge in [-0.25, -0.2) is 0 Å². The molecule has 3 aromatic rings. The van der Waals surface area contributed by atoms with Crippen LogP contribution >= 0.6 is 0 Å². The highest BCUT2D eigenvalue weighted by Crippen LogP contribution is 2.24. The molecule has 1 saturated heterocycles. The Hall–Kier alpha value is -2.92. The Labute approximate surface area is 158 Å². The number of rotatable bonds is 3. The molecule has 1 fully saturated rings. The number of likely N-dealkylation sites (tertiary alicyclic amines) is 1. The van der Waals surface area contributed by atoms with Crippen molar-refractivity contribution >= 4 is 16.8 Å². The lowest BCUT2D eigenvalue weighted by Gasteiger charge is -2.20. The van der Waals surface area contributed by atoms with Crippen LogP contribution in [0.2, 0.25) is 0 Å². The highest BCUT2D eigenvalue weighted by molar-refractivity contribution is 5.95. The van der Waals surface area contributed by atoms with Gasteiger partial charge in [0, 0.05) is 47.9 Å². The normalized spacial score (nSPS) is 17.0. The molecule has 27 heavy (non-hydrogen) atoms. The summed E-state index contributed by atoms with van der Waals surface area (Å²) < 4.78 is 0. The van der Waals surface area contributed by atoms with Gasteiger partial charge in [-0.3, -0.25) is 9.59 Å². The second-order valence-electron chi connectivity index (χ2n) is 7.34. The fourth-order valence-corrected chi connectivity index (χ4v) is 3.69. The van der Waals surface area contributed by atoms with Gasteiger partial charge in [-0.1, -0.05) is 18.2 Å². The van der Waals surface area contributed by atoms with Crippen molar-refractivity contribution in [3.8, 4) is 11.1 Å². The first kappa shape index (κ1) is 17.5. The van der Waals surface area contributed by atoms with Crippen LogP contribution in [0, 0.1) is 0 Å². The van der Waals surface area contributed by atoms with Crippen molar-refractivity contribution in [2.45, 2.75) is 12.5 Å². The van der Waals surface area contributed by atoms with Crippen molar-refractivity contribution in [3.63, 3.8) is 0 Å². The molecular weight excluding hydrogens is 338 g/mol. The van der Waals surface area contributed by atoms with E-state index in [-0.39, 0.29) is 11.3 Å². The van der Waals surface area contributed by atoms with Crippen LogP contribution in [0.3, 0.4) is 0 Å². The van der Waals surface area contributed by atoms with Crippen molar-refractivity contribution < 1.29 is 4.79 Å². The molecule has 1 aliphatic rings. The third kappa shape index (κ3) is 3.38. The Kier molecular flexibility index (Phi) is 4.54. The summed E-state index contributed by atoms with van der Waals surface area (Å²) in [5.41, 5.74) is 3.48. The van der Waals surface area contributed by atoms with Gasteiger partial charge >= 0.3 is 0 Å². The lowest BCUT2D eigenvalue weighted by Crippen LogP contribution is -2.34. The molecule has 1 amide bonds. The summed E-state index contributed by atoms with van der Waals surface area (Å²) in [6, 6.07) is 15.4. The van der Waals surface area contributed by atoms with Gasteiger partial charge in [0.15, 0.2) is 5.43 Å². The van der Waals surface area contributed by atoms with Crippen LogP contribution in [-0.2, 0) is 0 Å². The van der Waals surface area contributed by atoms with E-state index in [1.165, 1.54) is 6.07 Å². The molecule has 0 spiro atoms. The second kappa shape index (κ2) is 7.00. The minimum Gasteiger partial charge on any atom is -0.361 e. The van der Waals surface area contributed by atoms with E-state index in [9.17, 15) is 9.59 Å². The van der Waals surface area contributed by atoms with Crippen LogP contribution in [0.5, 0.6) is 0 Å². The second-order valence-corrected chi connectivity index (χ2v) is 7.34. The topological polar surface area (TPSA) is 56.4 Å². The smallest absolute Gasteiger partial charge is 0.253 e. The summed E-state index contributed by atoms with van der Waals surface area (Å²) in [5, 5.41) is 0.668. The molecule has 0 unspecified atom stereocenters. The van der Waals surface area contributed by atoms with E-state index in [0.29, 0.717) is 17.0 Å². The maximum Gasteiger partial charge on any atom is 0.253 e. The van der Waals surface area contributed by atoms with Gasteiger partial charge in [-0.05, 0) is 55.9 Å². The predicted molar refractivity (Wildman–Crippen MR) is 108 cm³/mol. The molecule has 0 radical (unpaired) electrons. The third-order valence-electron chi connectivity index (χ3n) is 5.40. The van der Waals surface area contributed by atoms with Crippen molar-refractivity contribution in [1.82, 2.24) is 14.8 Å². The Bertz CT molecular complexity index is 1040. The molecule has 4 rings (SSSR count). The highest BCUT2D eigenvalue weighted by atomic mass is 16.2. The summed E-state index contributed by atoms with van der Waals surface area (Å²) >= 11 is 0. The van der Waals surface area contributed by atoms with Crippen LogP contribution in [0.25, 0.3) is 22.0 Å². The van der Waals surface area contributed by atoms with Crippen molar-refractivity contribution in [3.05, 3.63) is 70.5 Å². The summed E-state index contributed by atoms with van der Waals surface area (Å²) in [5.74, 6) is 0.0841. The fraction of sp³-hybridized carbons (Fsp3) is 0.273. The third-order valence-corrected chi connectivity index (χ3v) is 5.40. The van der Waals surface area contributed by atoms with E-state index in [0.717, 1.165) is 36.2 Å². The summed E-state index contributed by atoms with van der Waals surface area (Å²) in [6.45, 7) is 1.58. The molecule has 5 heteroatoms. The number of benzene rings is 2. The largest absolute Gasteiger partial charge is 0.361 e. The number of fused-ring (bicyclic) bond motifs is 1. The first-order valence-corrected chi connectivity index (χ1v) is 9.20. The molecule has 138 valence electrons. The number of aromatic amines is 1. The minimum atomic E-state index is 0.00174. The first-order chi connectivity index (χ1) is 13.0. The number of carbonyl (C=O) groups is 1. The van der Waals surface area contributed by atoms with E-state index in [1.54, 1.807) is 6.20 Å². The average Bonchev–Trinajstić information content (AvgIpc) is 3.18. The molecule has 5 nitrogen and oxygen atoms in total. The highest BCUT2D eigenvalue weighted by Gasteiger charge is 2.27. The number of H-pyrrole nitrogens is 1. The molecule has 1 atom stereocenters. The molecule has 1 N–H and O–H groups in total. The summed E-state index contributed by atoms with van der Waals surface area (Å²) in [6.07, 6.45) is 2.67.